The number of halogens is 1. The van der Waals surface area contributed by atoms with Crippen LogP contribution in [0.25, 0.3) is 11.0 Å². The molecule has 2 rings (SSSR count). The van der Waals surface area contributed by atoms with Gasteiger partial charge in [0.15, 0.2) is 5.76 Å². The number of carbonyl (C=O) groups excluding carboxylic acids is 1. The second-order valence-electron chi connectivity index (χ2n) is 4.99. The molecule has 21 heavy (non-hydrogen) atoms. The van der Waals surface area contributed by atoms with Gasteiger partial charge in [-0.15, -0.1) is 0 Å². The molecule has 1 N–H and O–H groups in total. The van der Waals surface area contributed by atoms with Gasteiger partial charge in [0.1, 0.15) is 11.4 Å². The molecule has 5 nitrogen and oxygen atoms in total. The van der Waals surface area contributed by atoms with Crippen molar-refractivity contribution < 1.29 is 23.4 Å². The molecule has 6 heteroatoms. The highest BCUT2D eigenvalue weighted by Crippen LogP contribution is 2.26. The van der Waals surface area contributed by atoms with E-state index in [1.165, 1.54) is 30.2 Å². The number of likely N-dealkylation sites (N-methyl/N-ethyl adjacent to an activating group) is 1. The van der Waals surface area contributed by atoms with Crippen molar-refractivity contribution in [3.05, 3.63) is 35.3 Å². The highest BCUT2D eigenvalue weighted by atomic mass is 19.1. The average molecular weight is 295 g/mol. The predicted octanol–water partition coefficient (Wildman–Crippen LogP) is 1.96. The first-order valence-electron chi connectivity index (χ1n) is 6.55. The highest BCUT2D eigenvalue weighted by molar-refractivity contribution is 5.98. The number of benzene rings is 1. The van der Waals surface area contributed by atoms with Gasteiger partial charge < -0.3 is 19.2 Å². The van der Waals surface area contributed by atoms with Crippen LogP contribution in [-0.4, -0.2) is 49.3 Å². The molecule has 0 aliphatic carbocycles. The highest BCUT2D eigenvalue weighted by Gasteiger charge is 2.22. The summed E-state index contributed by atoms with van der Waals surface area (Å²) in [5, 5.41) is 10.2. The molecule has 1 unspecified atom stereocenters. The first-order valence-corrected chi connectivity index (χ1v) is 6.55. The van der Waals surface area contributed by atoms with Crippen LogP contribution in [0.4, 0.5) is 4.39 Å². The molecule has 2 aromatic rings. The van der Waals surface area contributed by atoms with E-state index in [1.807, 2.05) is 0 Å². The lowest BCUT2D eigenvalue weighted by Crippen LogP contribution is -2.36. The van der Waals surface area contributed by atoms with Crippen molar-refractivity contribution in [1.82, 2.24) is 4.90 Å². The van der Waals surface area contributed by atoms with Crippen LogP contribution in [0.5, 0.6) is 0 Å². The molecule has 1 aromatic carbocycles. The summed E-state index contributed by atoms with van der Waals surface area (Å²) in [7, 11) is 3.04. The van der Waals surface area contributed by atoms with Gasteiger partial charge in [-0.25, -0.2) is 4.39 Å². The molecule has 0 aliphatic rings. The lowest BCUT2D eigenvalue weighted by molar-refractivity contribution is 0.0368. The number of carbonyl (C=O) groups is 1. The zero-order valence-electron chi connectivity index (χ0n) is 12.2. The second-order valence-corrected chi connectivity index (χ2v) is 4.99. The molecule has 0 bridgehead atoms. The molecule has 0 saturated carbocycles. The fourth-order valence-electron chi connectivity index (χ4n) is 2.21. The smallest absolute Gasteiger partial charge is 0.289 e. The lowest BCUT2D eigenvalue weighted by atomic mass is 10.1. The van der Waals surface area contributed by atoms with Gasteiger partial charge in [-0.2, -0.15) is 0 Å². The van der Waals surface area contributed by atoms with E-state index in [2.05, 4.69) is 0 Å². The Morgan fingerprint density at radius 3 is 2.90 bits per heavy atom. The van der Waals surface area contributed by atoms with Gasteiger partial charge in [0.25, 0.3) is 5.91 Å². The van der Waals surface area contributed by atoms with Crippen molar-refractivity contribution in [3.8, 4) is 0 Å². The Morgan fingerprint density at radius 2 is 2.24 bits per heavy atom. The van der Waals surface area contributed by atoms with Crippen LogP contribution in [-0.2, 0) is 4.74 Å². The van der Waals surface area contributed by atoms with E-state index in [0.29, 0.717) is 16.5 Å². The van der Waals surface area contributed by atoms with Gasteiger partial charge in [0.05, 0.1) is 12.7 Å². The molecule has 1 aromatic heterocycles. The monoisotopic (exact) mass is 295 g/mol. The molecule has 0 aliphatic heterocycles. The molecule has 1 amide bonds. The molecular formula is C15H18FNO4. The Bertz CT molecular complexity index is 652. The van der Waals surface area contributed by atoms with E-state index in [9.17, 15) is 14.3 Å². The lowest BCUT2D eigenvalue weighted by Gasteiger charge is -2.19. The molecule has 0 radical (unpaired) electrons. The third-order valence-corrected chi connectivity index (χ3v) is 3.28. The molecule has 0 spiro atoms. The molecule has 1 atom stereocenters. The summed E-state index contributed by atoms with van der Waals surface area (Å²) < 4.78 is 23.6. The third-order valence-electron chi connectivity index (χ3n) is 3.28. The second kappa shape index (κ2) is 6.24. The minimum absolute atomic E-state index is 0.123. The fraction of sp³-hybridized carbons (Fsp3) is 0.400. The van der Waals surface area contributed by atoms with Crippen molar-refractivity contribution >= 4 is 16.9 Å². The van der Waals surface area contributed by atoms with Gasteiger partial charge in [-0.3, -0.25) is 4.79 Å². The van der Waals surface area contributed by atoms with Crippen molar-refractivity contribution in [3.63, 3.8) is 0 Å². The Morgan fingerprint density at radius 1 is 1.52 bits per heavy atom. The summed E-state index contributed by atoms with van der Waals surface area (Å²) in [5.74, 6) is -0.587. The standard InChI is InChI=1S/C15H18FNO4/c1-9-12-6-10(16)4-5-13(12)21-14(9)15(19)17(2)7-11(18)8-20-3/h4-6,11,18H,7-8H2,1-3H3. The predicted molar refractivity (Wildman–Crippen MR) is 75.8 cm³/mol. The van der Waals surface area contributed by atoms with Gasteiger partial charge >= 0.3 is 0 Å². The number of fused-ring (bicyclic) bond motifs is 1. The number of nitrogens with zero attached hydrogens (tertiary/aromatic N) is 1. The topological polar surface area (TPSA) is 62.9 Å². The number of aliphatic hydroxyl groups is 1. The van der Waals surface area contributed by atoms with Crippen molar-refractivity contribution in [1.29, 1.82) is 0 Å². The molecule has 1 heterocycles. The third kappa shape index (κ3) is 3.22. The van der Waals surface area contributed by atoms with Crippen LogP contribution in [0.3, 0.4) is 0 Å². The molecule has 0 saturated heterocycles. The SMILES string of the molecule is COCC(O)CN(C)C(=O)c1oc2ccc(F)cc2c1C. The minimum atomic E-state index is -0.772. The maximum atomic E-state index is 13.3. The molecule has 0 fully saturated rings. The number of hydrogen-bond donors (Lipinski definition) is 1. The summed E-state index contributed by atoms with van der Waals surface area (Å²) in [6, 6.07) is 4.12. The largest absolute Gasteiger partial charge is 0.451 e. The number of amides is 1. The van der Waals surface area contributed by atoms with Crippen LogP contribution in [0.2, 0.25) is 0 Å². The van der Waals surface area contributed by atoms with Gasteiger partial charge in [-0.05, 0) is 25.1 Å². The number of methoxy groups -OCH3 is 1. The quantitative estimate of drug-likeness (QED) is 0.916. The van der Waals surface area contributed by atoms with Crippen LogP contribution >= 0.6 is 0 Å². The number of furan rings is 1. The normalized spacial score (nSPS) is 12.6. The fourth-order valence-corrected chi connectivity index (χ4v) is 2.21. The van der Waals surface area contributed by atoms with E-state index in [0.717, 1.165) is 0 Å². The molecule has 114 valence electrons. The molecular weight excluding hydrogens is 277 g/mol. The summed E-state index contributed by atoms with van der Waals surface area (Å²) in [5.41, 5.74) is 1.05. The van der Waals surface area contributed by atoms with E-state index in [1.54, 1.807) is 14.0 Å². The Kier molecular flexibility index (Phi) is 4.59. The number of rotatable bonds is 5. The van der Waals surface area contributed by atoms with Crippen molar-refractivity contribution in [2.45, 2.75) is 13.0 Å². The van der Waals surface area contributed by atoms with Crippen molar-refractivity contribution in [2.24, 2.45) is 0 Å². The summed E-state index contributed by atoms with van der Waals surface area (Å²) >= 11 is 0. The summed E-state index contributed by atoms with van der Waals surface area (Å²) in [6.45, 7) is 1.97. The maximum absolute atomic E-state index is 13.3. The van der Waals surface area contributed by atoms with E-state index in [4.69, 9.17) is 9.15 Å². The van der Waals surface area contributed by atoms with E-state index < -0.39 is 6.10 Å². The maximum Gasteiger partial charge on any atom is 0.289 e. The first kappa shape index (κ1) is 15.5. The Labute approximate surface area is 121 Å². The van der Waals surface area contributed by atoms with Gasteiger partial charge in [-0.1, -0.05) is 0 Å². The number of aliphatic hydroxyl groups excluding tert-OH is 1. The summed E-state index contributed by atoms with van der Waals surface area (Å²) in [6.07, 6.45) is -0.772. The van der Waals surface area contributed by atoms with E-state index in [-0.39, 0.29) is 30.6 Å². The Balaban J connectivity index is 2.25. The average Bonchev–Trinajstić information content (AvgIpc) is 2.75. The van der Waals surface area contributed by atoms with Crippen LogP contribution < -0.4 is 0 Å². The Hall–Kier alpha value is -1.92. The van der Waals surface area contributed by atoms with E-state index >= 15 is 0 Å². The van der Waals surface area contributed by atoms with Gasteiger partial charge in [0.2, 0.25) is 0 Å². The van der Waals surface area contributed by atoms with Crippen LogP contribution in [0.1, 0.15) is 16.1 Å². The zero-order valence-corrected chi connectivity index (χ0v) is 12.2. The van der Waals surface area contributed by atoms with Crippen molar-refractivity contribution in [2.75, 3.05) is 27.3 Å². The minimum Gasteiger partial charge on any atom is -0.451 e. The first-order chi connectivity index (χ1) is 9.93. The zero-order chi connectivity index (χ0) is 15.6. The number of ether oxygens (including phenoxy) is 1. The van der Waals surface area contributed by atoms with Crippen LogP contribution in [0, 0.1) is 12.7 Å². The number of aryl methyl sites for hydroxylation is 1. The van der Waals surface area contributed by atoms with Gasteiger partial charge in [0, 0.05) is 31.7 Å². The number of hydrogen-bond acceptors (Lipinski definition) is 4. The summed E-state index contributed by atoms with van der Waals surface area (Å²) in [4.78, 5) is 13.7. The van der Waals surface area contributed by atoms with Crippen LogP contribution in [0.15, 0.2) is 22.6 Å².